The van der Waals surface area contributed by atoms with E-state index < -0.39 is 0 Å². The quantitative estimate of drug-likeness (QED) is 0.868. The Morgan fingerprint density at radius 3 is 2.76 bits per heavy atom. The van der Waals surface area contributed by atoms with E-state index in [1.165, 1.54) is 0 Å². The Balaban J connectivity index is 1.79. The standard InChI is InChI=1S/C15H21BrN4O/c1-15(2,3)17-10-12-11-20(19-18-12)8-9-21-14-7-5-4-6-13(14)16/h4-7,11,17H,8-10H2,1-3H3. The van der Waals surface area contributed by atoms with Crippen molar-refractivity contribution in [3.05, 3.63) is 40.6 Å². The summed E-state index contributed by atoms with van der Waals surface area (Å²) in [5, 5.41) is 11.6. The minimum absolute atomic E-state index is 0.0759. The smallest absolute Gasteiger partial charge is 0.133 e. The molecule has 0 saturated heterocycles. The summed E-state index contributed by atoms with van der Waals surface area (Å²) in [5.74, 6) is 0.840. The van der Waals surface area contributed by atoms with Crippen molar-refractivity contribution in [2.75, 3.05) is 6.61 Å². The molecule has 0 atom stereocenters. The Bertz CT molecular complexity index is 577. The second-order valence-electron chi connectivity index (χ2n) is 5.86. The molecular formula is C15H21BrN4O. The van der Waals surface area contributed by atoms with Gasteiger partial charge in [0.2, 0.25) is 0 Å². The zero-order valence-electron chi connectivity index (χ0n) is 12.6. The lowest BCUT2D eigenvalue weighted by Gasteiger charge is -2.19. The van der Waals surface area contributed by atoms with Crippen LogP contribution in [0.1, 0.15) is 26.5 Å². The second kappa shape index (κ2) is 7.04. The minimum Gasteiger partial charge on any atom is -0.490 e. The van der Waals surface area contributed by atoms with Crippen LogP contribution in [0.25, 0.3) is 0 Å². The van der Waals surface area contributed by atoms with Crippen molar-refractivity contribution < 1.29 is 4.74 Å². The largest absolute Gasteiger partial charge is 0.490 e. The molecule has 5 nitrogen and oxygen atoms in total. The lowest BCUT2D eigenvalue weighted by molar-refractivity contribution is 0.288. The van der Waals surface area contributed by atoms with Gasteiger partial charge in [0.05, 0.1) is 16.7 Å². The molecular weight excluding hydrogens is 332 g/mol. The number of nitrogens with zero attached hydrogens (tertiary/aromatic N) is 3. The van der Waals surface area contributed by atoms with Crippen LogP contribution in [0.5, 0.6) is 5.75 Å². The topological polar surface area (TPSA) is 52.0 Å². The number of nitrogens with one attached hydrogen (secondary N) is 1. The molecule has 0 fully saturated rings. The number of ether oxygens (including phenoxy) is 1. The van der Waals surface area contributed by atoms with Crippen molar-refractivity contribution in [2.45, 2.75) is 39.4 Å². The van der Waals surface area contributed by atoms with E-state index in [0.29, 0.717) is 19.7 Å². The first kappa shape index (κ1) is 16.0. The van der Waals surface area contributed by atoms with E-state index >= 15 is 0 Å². The van der Waals surface area contributed by atoms with Crippen molar-refractivity contribution in [3.63, 3.8) is 0 Å². The zero-order chi connectivity index (χ0) is 15.3. The SMILES string of the molecule is CC(C)(C)NCc1cn(CCOc2ccccc2Br)nn1. The van der Waals surface area contributed by atoms with Gasteiger partial charge in [-0.15, -0.1) is 5.10 Å². The van der Waals surface area contributed by atoms with Crippen LogP contribution in [-0.4, -0.2) is 27.1 Å². The van der Waals surface area contributed by atoms with E-state index in [9.17, 15) is 0 Å². The van der Waals surface area contributed by atoms with Crippen molar-refractivity contribution in [1.82, 2.24) is 20.3 Å². The molecule has 0 aliphatic rings. The predicted molar refractivity (Wildman–Crippen MR) is 86.3 cm³/mol. The molecule has 2 aromatic rings. The number of benzene rings is 1. The fourth-order valence-corrected chi connectivity index (χ4v) is 2.09. The molecule has 2 rings (SSSR count). The number of para-hydroxylation sites is 1. The first-order chi connectivity index (χ1) is 9.94. The van der Waals surface area contributed by atoms with Crippen LogP contribution < -0.4 is 10.1 Å². The van der Waals surface area contributed by atoms with Crippen LogP contribution >= 0.6 is 15.9 Å². The van der Waals surface area contributed by atoms with Crippen LogP contribution in [0, 0.1) is 0 Å². The van der Waals surface area contributed by atoms with Gasteiger partial charge in [-0.3, -0.25) is 0 Å². The van der Waals surface area contributed by atoms with E-state index in [4.69, 9.17) is 4.74 Å². The average molecular weight is 353 g/mol. The summed E-state index contributed by atoms with van der Waals surface area (Å²) in [6.45, 7) is 8.32. The van der Waals surface area contributed by atoms with Gasteiger partial charge in [0.15, 0.2) is 0 Å². The monoisotopic (exact) mass is 352 g/mol. The van der Waals surface area contributed by atoms with Gasteiger partial charge in [0.1, 0.15) is 12.4 Å². The molecule has 0 aliphatic carbocycles. The van der Waals surface area contributed by atoms with E-state index in [2.05, 4.69) is 52.3 Å². The summed E-state index contributed by atoms with van der Waals surface area (Å²) >= 11 is 3.46. The fraction of sp³-hybridized carbons (Fsp3) is 0.467. The lowest BCUT2D eigenvalue weighted by atomic mass is 10.1. The molecule has 0 radical (unpaired) electrons. The Kier molecular flexibility index (Phi) is 5.36. The second-order valence-corrected chi connectivity index (χ2v) is 6.71. The lowest BCUT2D eigenvalue weighted by Crippen LogP contribution is -2.35. The maximum absolute atomic E-state index is 5.71. The summed E-state index contributed by atoms with van der Waals surface area (Å²) in [5.41, 5.74) is 1.01. The van der Waals surface area contributed by atoms with Crippen LogP contribution in [0.4, 0.5) is 0 Å². The highest BCUT2D eigenvalue weighted by Crippen LogP contribution is 2.23. The third kappa shape index (κ3) is 5.47. The molecule has 21 heavy (non-hydrogen) atoms. The summed E-state index contributed by atoms with van der Waals surface area (Å²) in [4.78, 5) is 0. The maximum Gasteiger partial charge on any atom is 0.133 e. The molecule has 6 heteroatoms. The number of hydrogen-bond donors (Lipinski definition) is 1. The Morgan fingerprint density at radius 2 is 2.05 bits per heavy atom. The summed E-state index contributed by atoms with van der Waals surface area (Å²) < 4.78 is 8.47. The number of aromatic nitrogens is 3. The van der Waals surface area contributed by atoms with Gasteiger partial charge in [-0.1, -0.05) is 17.3 Å². The van der Waals surface area contributed by atoms with Gasteiger partial charge in [0.25, 0.3) is 0 Å². The summed E-state index contributed by atoms with van der Waals surface area (Å²) in [6, 6.07) is 7.81. The first-order valence-corrected chi connectivity index (χ1v) is 7.75. The van der Waals surface area contributed by atoms with Crippen molar-refractivity contribution >= 4 is 15.9 Å². The molecule has 0 saturated carbocycles. The molecule has 0 amide bonds. The Morgan fingerprint density at radius 1 is 1.29 bits per heavy atom. The van der Waals surface area contributed by atoms with Crippen LogP contribution in [0.2, 0.25) is 0 Å². The highest BCUT2D eigenvalue weighted by Gasteiger charge is 2.10. The molecule has 0 bridgehead atoms. The fourth-order valence-electron chi connectivity index (χ4n) is 1.70. The van der Waals surface area contributed by atoms with Gasteiger partial charge >= 0.3 is 0 Å². The molecule has 0 unspecified atom stereocenters. The molecule has 1 heterocycles. The van der Waals surface area contributed by atoms with Crippen molar-refractivity contribution in [1.29, 1.82) is 0 Å². The molecule has 0 spiro atoms. The van der Waals surface area contributed by atoms with E-state index in [1.807, 2.05) is 30.5 Å². The molecule has 0 aliphatic heterocycles. The first-order valence-electron chi connectivity index (χ1n) is 6.95. The Hall–Kier alpha value is -1.40. The Labute approximate surface area is 133 Å². The van der Waals surface area contributed by atoms with Gasteiger partial charge in [-0.2, -0.15) is 0 Å². The van der Waals surface area contributed by atoms with Gasteiger partial charge in [0, 0.05) is 18.3 Å². The van der Waals surface area contributed by atoms with Crippen molar-refractivity contribution in [2.24, 2.45) is 0 Å². The number of hydrogen-bond acceptors (Lipinski definition) is 4. The molecule has 1 N–H and O–H groups in total. The van der Waals surface area contributed by atoms with E-state index in [1.54, 1.807) is 4.68 Å². The number of halogens is 1. The number of rotatable bonds is 6. The van der Waals surface area contributed by atoms with Gasteiger partial charge in [-0.25, -0.2) is 4.68 Å². The zero-order valence-corrected chi connectivity index (χ0v) is 14.2. The van der Waals surface area contributed by atoms with Crippen LogP contribution in [0.15, 0.2) is 34.9 Å². The van der Waals surface area contributed by atoms with E-state index in [-0.39, 0.29) is 5.54 Å². The average Bonchev–Trinajstić information content (AvgIpc) is 2.86. The third-order valence-electron chi connectivity index (χ3n) is 2.80. The third-order valence-corrected chi connectivity index (χ3v) is 3.46. The maximum atomic E-state index is 5.71. The van der Waals surface area contributed by atoms with Gasteiger partial charge in [-0.05, 0) is 48.8 Å². The van der Waals surface area contributed by atoms with Gasteiger partial charge < -0.3 is 10.1 Å². The predicted octanol–water partition coefficient (Wildman–Crippen LogP) is 3.01. The van der Waals surface area contributed by atoms with Crippen molar-refractivity contribution in [3.8, 4) is 5.75 Å². The summed E-state index contributed by atoms with van der Waals surface area (Å²) in [7, 11) is 0. The molecule has 1 aromatic heterocycles. The van der Waals surface area contributed by atoms with Crippen LogP contribution in [-0.2, 0) is 13.1 Å². The highest BCUT2D eigenvalue weighted by molar-refractivity contribution is 9.10. The van der Waals surface area contributed by atoms with Crippen LogP contribution in [0.3, 0.4) is 0 Å². The summed E-state index contributed by atoms with van der Waals surface area (Å²) in [6.07, 6.45) is 1.95. The normalized spacial score (nSPS) is 11.6. The highest BCUT2D eigenvalue weighted by atomic mass is 79.9. The van der Waals surface area contributed by atoms with E-state index in [0.717, 1.165) is 15.9 Å². The molecule has 114 valence electrons. The minimum atomic E-state index is 0.0759. The molecule has 1 aromatic carbocycles.